The van der Waals surface area contributed by atoms with Crippen LogP contribution in [0.2, 0.25) is 0 Å². The van der Waals surface area contributed by atoms with Crippen LogP contribution in [0.5, 0.6) is 0 Å². The number of anilines is 3. The van der Waals surface area contributed by atoms with Gasteiger partial charge in [-0.1, -0.05) is 176 Å². The highest BCUT2D eigenvalue weighted by molar-refractivity contribution is 7.25. The second-order valence-corrected chi connectivity index (χ2v) is 19.0. The van der Waals surface area contributed by atoms with Crippen molar-refractivity contribution in [2.45, 2.75) is 5.41 Å². The molecule has 2 aromatic heterocycles. The second-order valence-electron chi connectivity index (χ2n) is 17.9. The molecule has 11 aromatic carbocycles. The Morgan fingerprint density at radius 2 is 0.879 bits per heavy atom. The van der Waals surface area contributed by atoms with E-state index < -0.39 is 5.41 Å². The van der Waals surface area contributed by atoms with Gasteiger partial charge in [0.1, 0.15) is 0 Å². The Morgan fingerprint density at radius 1 is 0.333 bits per heavy atom. The molecule has 2 heterocycles. The van der Waals surface area contributed by atoms with E-state index in [1.54, 1.807) is 0 Å². The summed E-state index contributed by atoms with van der Waals surface area (Å²) in [7, 11) is 0. The van der Waals surface area contributed by atoms with Crippen LogP contribution < -0.4 is 4.90 Å². The molecule has 0 radical (unpaired) electrons. The number of benzene rings is 11. The normalized spacial score (nSPS) is 14.7. The molecule has 3 heteroatoms. The molecule has 2 aliphatic rings. The van der Waals surface area contributed by atoms with Crippen molar-refractivity contribution in [2.75, 3.05) is 4.90 Å². The summed E-state index contributed by atoms with van der Waals surface area (Å²) in [5, 5.41) is 10.1. The first-order chi connectivity index (χ1) is 32.7. The van der Waals surface area contributed by atoms with Crippen LogP contribution in [-0.2, 0) is 5.41 Å². The van der Waals surface area contributed by atoms with Gasteiger partial charge in [-0.15, -0.1) is 11.3 Å². The van der Waals surface area contributed by atoms with Gasteiger partial charge in [-0.05, 0) is 115 Å². The average Bonchev–Trinajstić information content (AvgIpc) is 4.01. The monoisotopic (exact) mass is 854 g/mol. The molecule has 0 fully saturated rings. The van der Waals surface area contributed by atoms with Crippen LogP contribution in [0.25, 0.3) is 91.5 Å². The Balaban J connectivity index is 1.03. The van der Waals surface area contributed by atoms with Gasteiger partial charge in [-0.3, -0.25) is 0 Å². The summed E-state index contributed by atoms with van der Waals surface area (Å²) in [6, 6.07) is 86.6. The standard InChI is InChI=1S/C63H38N2S/c1-2-18-44-39(14-1)15-13-28-57(44)65-58-27-9-5-21-48(58)49-34-31-42(37-59(49)65)64(43-32-35-51-50-22-6-10-29-60(50)66-61(51)38-43)41-30-33-47-45-19-3-7-24-53(45)63(56(47)36-41)54-25-8-4-20-46(54)52-23-11-16-40-17-12-26-55(63)62(40)52/h1-38H. The Morgan fingerprint density at radius 3 is 1.74 bits per heavy atom. The van der Waals surface area contributed by atoms with Gasteiger partial charge in [0, 0.05) is 53.4 Å². The molecule has 15 rings (SSSR count). The molecule has 0 aliphatic heterocycles. The van der Waals surface area contributed by atoms with Crippen LogP contribution in [0.15, 0.2) is 231 Å². The number of fused-ring (bicyclic) bond motifs is 16. The Hall–Kier alpha value is -8.24. The summed E-state index contributed by atoms with van der Waals surface area (Å²) in [6.45, 7) is 0. The van der Waals surface area contributed by atoms with Crippen LogP contribution in [0.3, 0.4) is 0 Å². The maximum atomic E-state index is 2.53. The topological polar surface area (TPSA) is 8.17 Å². The van der Waals surface area contributed by atoms with E-state index in [9.17, 15) is 0 Å². The van der Waals surface area contributed by atoms with Gasteiger partial charge in [0.15, 0.2) is 0 Å². The van der Waals surface area contributed by atoms with Gasteiger partial charge in [-0.2, -0.15) is 0 Å². The molecule has 306 valence electrons. The largest absolute Gasteiger partial charge is 0.310 e. The highest BCUT2D eigenvalue weighted by Gasteiger charge is 2.50. The number of aromatic nitrogens is 1. The molecule has 2 aliphatic carbocycles. The van der Waals surface area contributed by atoms with E-state index in [-0.39, 0.29) is 0 Å². The molecule has 2 nitrogen and oxygen atoms in total. The molecule has 13 aromatic rings. The molecular weight excluding hydrogens is 817 g/mol. The lowest BCUT2D eigenvalue weighted by Crippen LogP contribution is -2.32. The van der Waals surface area contributed by atoms with Crippen molar-refractivity contribution < 1.29 is 0 Å². The fraction of sp³-hybridized carbons (Fsp3) is 0.0159. The van der Waals surface area contributed by atoms with Crippen molar-refractivity contribution in [1.29, 1.82) is 0 Å². The summed E-state index contributed by atoms with van der Waals surface area (Å²) in [5.41, 5.74) is 16.9. The third kappa shape index (κ3) is 4.74. The lowest BCUT2D eigenvalue weighted by molar-refractivity contribution is 0.773. The Bertz CT molecular complexity index is 4200. The van der Waals surface area contributed by atoms with Crippen LogP contribution in [0.4, 0.5) is 17.1 Å². The van der Waals surface area contributed by atoms with E-state index in [4.69, 9.17) is 0 Å². The van der Waals surface area contributed by atoms with Gasteiger partial charge in [0.05, 0.1) is 22.1 Å². The first kappa shape index (κ1) is 36.1. The van der Waals surface area contributed by atoms with Gasteiger partial charge >= 0.3 is 0 Å². The molecular formula is C63H38N2S. The highest BCUT2D eigenvalue weighted by atomic mass is 32.1. The van der Waals surface area contributed by atoms with Crippen molar-refractivity contribution in [3.8, 4) is 27.9 Å². The molecule has 66 heavy (non-hydrogen) atoms. The zero-order valence-corrected chi connectivity index (χ0v) is 36.6. The fourth-order valence-corrected chi connectivity index (χ4v) is 13.3. The first-order valence-electron chi connectivity index (χ1n) is 22.8. The number of thiophene rings is 1. The fourth-order valence-electron chi connectivity index (χ4n) is 12.1. The van der Waals surface area contributed by atoms with Crippen molar-refractivity contribution in [1.82, 2.24) is 4.57 Å². The van der Waals surface area contributed by atoms with Crippen molar-refractivity contribution in [3.63, 3.8) is 0 Å². The van der Waals surface area contributed by atoms with Crippen molar-refractivity contribution in [3.05, 3.63) is 253 Å². The molecule has 0 N–H and O–H groups in total. The van der Waals surface area contributed by atoms with E-state index in [1.807, 2.05) is 11.3 Å². The predicted octanol–water partition coefficient (Wildman–Crippen LogP) is 17.3. The lowest BCUT2D eigenvalue weighted by atomic mass is 9.61. The minimum Gasteiger partial charge on any atom is -0.310 e. The number of rotatable bonds is 4. The summed E-state index contributed by atoms with van der Waals surface area (Å²) in [4.78, 5) is 2.51. The molecule has 0 saturated heterocycles. The van der Waals surface area contributed by atoms with Crippen molar-refractivity contribution in [2.24, 2.45) is 0 Å². The van der Waals surface area contributed by atoms with E-state index >= 15 is 0 Å². The minimum atomic E-state index is -0.530. The van der Waals surface area contributed by atoms with Crippen molar-refractivity contribution >= 4 is 91.9 Å². The average molecular weight is 855 g/mol. The second kappa shape index (κ2) is 13.4. The van der Waals surface area contributed by atoms with Crippen LogP contribution in [0, 0.1) is 0 Å². The number of para-hydroxylation sites is 1. The summed E-state index contributed by atoms with van der Waals surface area (Å²) >= 11 is 1.87. The smallest absolute Gasteiger partial charge is 0.0726 e. The van der Waals surface area contributed by atoms with Crippen LogP contribution in [-0.4, -0.2) is 4.57 Å². The number of nitrogens with zero attached hydrogens (tertiary/aromatic N) is 2. The number of hydrogen-bond acceptors (Lipinski definition) is 2. The molecule has 1 atom stereocenters. The maximum Gasteiger partial charge on any atom is 0.0726 e. The van der Waals surface area contributed by atoms with Gasteiger partial charge < -0.3 is 9.47 Å². The van der Waals surface area contributed by atoms with Crippen LogP contribution in [0.1, 0.15) is 22.3 Å². The molecule has 0 bridgehead atoms. The SMILES string of the molecule is c1ccc2c(c1)-c1ccc(N(c3ccc4c(c3)sc3ccccc34)c3ccc4c5ccccc5n(-c5cccc6ccccc56)c4c3)cc1C21c2ccccc2-c2cccc3cccc1c23. The zero-order chi connectivity index (χ0) is 43.1. The van der Waals surface area contributed by atoms with E-state index in [1.165, 1.54) is 114 Å². The predicted molar refractivity (Wildman–Crippen MR) is 280 cm³/mol. The van der Waals surface area contributed by atoms with E-state index in [0.717, 1.165) is 17.1 Å². The first-order valence-corrected chi connectivity index (χ1v) is 23.6. The third-order valence-electron chi connectivity index (χ3n) is 14.8. The summed E-state index contributed by atoms with van der Waals surface area (Å²) < 4.78 is 5.06. The molecule has 0 amide bonds. The zero-order valence-electron chi connectivity index (χ0n) is 35.7. The third-order valence-corrected chi connectivity index (χ3v) is 15.9. The van der Waals surface area contributed by atoms with E-state index in [0.29, 0.717) is 0 Å². The number of hydrogen-bond donors (Lipinski definition) is 0. The van der Waals surface area contributed by atoms with Gasteiger partial charge in [0.2, 0.25) is 0 Å². The Kier molecular flexibility index (Phi) is 7.34. The summed E-state index contributed by atoms with van der Waals surface area (Å²) in [6.07, 6.45) is 0. The van der Waals surface area contributed by atoms with Crippen LogP contribution >= 0.6 is 11.3 Å². The maximum absolute atomic E-state index is 2.53. The summed E-state index contributed by atoms with van der Waals surface area (Å²) in [5.74, 6) is 0. The quantitative estimate of drug-likeness (QED) is 0.171. The van der Waals surface area contributed by atoms with Gasteiger partial charge in [0.25, 0.3) is 0 Å². The van der Waals surface area contributed by atoms with Gasteiger partial charge in [-0.25, -0.2) is 0 Å². The van der Waals surface area contributed by atoms with E-state index in [2.05, 4.69) is 240 Å². The Labute approximate surface area is 385 Å². The molecule has 1 spiro atoms. The molecule has 0 saturated carbocycles. The lowest BCUT2D eigenvalue weighted by Gasteiger charge is -2.40. The highest BCUT2D eigenvalue weighted by Crippen LogP contribution is 2.62. The molecule has 1 unspecified atom stereocenters. The minimum absolute atomic E-state index is 0.530.